The number of benzene rings is 1. The number of hydrogen-bond donors (Lipinski definition) is 0. The first-order valence-electron chi connectivity index (χ1n) is 8.14. The fourth-order valence-electron chi connectivity index (χ4n) is 3.12. The van der Waals surface area contributed by atoms with Crippen LogP contribution in [-0.2, 0) is 21.5 Å². The smallest absolute Gasteiger partial charge is 0.233 e. The average Bonchev–Trinajstić information content (AvgIpc) is 3.27. The van der Waals surface area contributed by atoms with Crippen LogP contribution in [0.3, 0.4) is 0 Å². The Morgan fingerprint density at radius 2 is 2.04 bits per heavy atom. The Labute approximate surface area is 142 Å². The Balaban J connectivity index is 1.85. The Kier molecular flexibility index (Phi) is 4.90. The van der Waals surface area contributed by atoms with Crippen molar-refractivity contribution in [3.63, 3.8) is 0 Å². The van der Waals surface area contributed by atoms with Crippen molar-refractivity contribution in [3.05, 3.63) is 54.0 Å². The maximum atomic E-state index is 13.3. The van der Waals surface area contributed by atoms with Crippen molar-refractivity contribution < 1.29 is 18.7 Å². The molecule has 0 N–H and O–H groups in total. The number of carbonyl (C=O) groups excluding carboxylic acids is 1. The van der Waals surface area contributed by atoms with Gasteiger partial charge in [-0.3, -0.25) is 4.79 Å². The van der Waals surface area contributed by atoms with Crippen molar-refractivity contribution >= 4 is 5.91 Å². The molecular formula is C19H23NO4. The molecule has 1 fully saturated rings. The van der Waals surface area contributed by atoms with Gasteiger partial charge < -0.3 is 18.8 Å². The van der Waals surface area contributed by atoms with Gasteiger partial charge in [-0.25, -0.2) is 0 Å². The van der Waals surface area contributed by atoms with E-state index in [0.29, 0.717) is 19.7 Å². The van der Waals surface area contributed by atoms with E-state index < -0.39 is 5.41 Å². The Morgan fingerprint density at radius 3 is 2.67 bits per heavy atom. The fourth-order valence-corrected chi connectivity index (χ4v) is 3.12. The van der Waals surface area contributed by atoms with Crippen LogP contribution >= 0.6 is 0 Å². The predicted molar refractivity (Wildman–Crippen MR) is 89.9 cm³/mol. The van der Waals surface area contributed by atoms with E-state index in [-0.39, 0.29) is 5.91 Å². The van der Waals surface area contributed by atoms with E-state index in [9.17, 15) is 4.79 Å². The molecule has 2 aromatic rings. The van der Waals surface area contributed by atoms with Crippen molar-refractivity contribution in [2.45, 2.75) is 24.8 Å². The fraction of sp³-hybridized carbons (Fsp3) is 0.421. The van der Waals surface area contributed by atoms with Crippen molar-refractivity contribution in [2.75, 3.05) is 27.4 Å². The summed E-state index contributed by atoms with van der Waals surface area (Å²) < 4.78 is 15.8. The summed E-state index contributed by atoms with van der Waals surface area (Å²) in [6, 6.07) is 9.68. The molecule has 1 aliphatic carbocycles. The number of methoxy groups -OCH3 is 2. The lowest BCUT2D eigenvalue weighted by molar-refractivity contribution is -0.135. The molecular weight excluding hydrogens is 306 g/mol. The molecule has 0 saturated heterocycles. The first-order chi connectivity index (χ1) is 11.7. The Bertz CT molecular complexity index is 676. The summed E-state index contributed by atoms with van der Waals surface area (Å²) in [5.74, 6) is 0.906. The highest BCUT2D eigenvalue weighted by molar-refractivity contribution is 5.92. The van der Waals surface area contributed by atoms with Crippen LogP contribution in [0.1, 0.15) is 24.0 Å². The van der Waals surface area contributed by atoms with Crippen LogP contribution in [0.15, 0.2) is 47.3 Å². The topological polar surface area (TPSA) is 51.9 Å². The van der Waals surface area contributed by atoms with Crippen molar-refractivity contribution in [3.8, 4) is 5.75 Å². The summed E-state index contributed by atoms with van der Waals surface area (Å²) in [7, 11) is 3.29. The Morgan fingerprint density at radius 1 is 1.25 bits per heavy atom. The second-order valence-electron chi connectivity index (χ2n) is 6.13. The van der Waals surface area contributed by atoms with Crippen LogP contribution in [0.5, 0.6) is 5.75 Å². The lowest BCUT2D eigenvalue weighted by atomic mass is 9.93. The molecule has 0 spiro atoms. The number of nitrogens with zero attached hydrogens (tertiary/aromatic N) is 1. The maximum absolute atomic E-state index is 13.3. The van der Waals surface area contributed by atoms with Gasteiger partial charge in [-0.15, -0.1) is 0 Å². The zero-order chi connectivity index (χ0) is 17.0. The standard InChI is InChI=1S/C19H23NO4/c1-22-12-10-20(13-15-7-11-24-14-15)18(21)19(8-9-19)16-5-3-4-6-17(16)23-2/h3-7,11,14H,8-10,12-13H2,1-2H3. The molecule has 0 unspecified atom stereocenters. The van der Waals surface area contributed by atoms with E-state index in [2.05, 4.69) is 0 Å². The minimum absolute atomic E-state index is 0.130. The monoisotopic (exact) mass is 329 g/mol. The highest BCUT2D eigenvalue weighted by Crippen LogP contribution is 2.52. The second-order valence-corrected chi connectivity index (χ2v) is 6.13. The van der Waals surface area contributed by atoms with Crippen molar-refractivity contribution in [1.29, 1.82) is 0 Å². The molecule has 1 aliphatic rings. The van der Waals surface area contributed by atoms with Crippen LogP contribution in [-0.4, -0.2) is 38.2 Å². The van der Waals surface area contributed by atoms with Gasteiger partial charge in [0.25, 0.3) is 0 Å². The summed E-state index contributed by atoms with van der Waals surface area (Å²) in [5, 5.41) is 0. The zero-order valence-electron chi connectivity index (χ0n) is 14.2. The molecule has 1 saturated carbocycles. The third-order valence-corrected chi connectivity index (χ3v) is 4.59. The molecule has 128 valence electrons. The highest BCUT2D eigenvalue weighted by Gasteiger charge is 2.54. The summed E-state index contributed by atoms with van der Waals surface area (Å²) in [4.78, 5) is 15.2. The zero-order valence-corrected chi connectivity index (χ0v) is 14.2. The van der Waals surface area contributed by atoms with Gasteiger partial charge in [-0.1, -0.05) is 18.2 Å². The summed E-state index contributed by atoms with van der Waals surface area (Å²) >= 11 is 0. The van der Waals surface area contributed by atoms with Crippen LogP contribution in [0.25, 0.3) is 0 Å². The maximum Gasteiger partial charge on any atom is 0.233 e. The molecule has 0 aliphatic heterocycles. The van der Waals surface area contributed by atoms with Gasteiger partial charge >= 0.3 is 0 Å². The van der Waals surface area contributed by atoms with Crippen LogP contribution in [0, 0.1) is 0 Å². The largest absolute Gasteiger partial charge is 0.496 e. The van der Waals surface area contributed by atoms with Crippen molar-refractivity contribution in [2.24, 2.45) is 0 Å². The Hall–Kier alpha value is -2.27. The van der Waals surface area contributed by atoms with E-state index in [1.165, 1.54) is 0 Å². The first-order valence-corrected chi connectivity index (χ1v) is 8.14. The SMILES string of the molecule is COCCN(Cc1ccoc1)C(=O)C1(c2ccccc2OC)CC1. The second kappa shape index (κ2) is 7.09. The average molecular weight is 329 g/mol. The van der Waals surface area contributed by atoms with Crippen LogP contribution in [0.4, 0.5) is 0 Å². The number of carbonyl (C=O) groups is 1. The summed E-state index contributed by atoms with van der Waals surface area (Å²) in [5.41, 5.74) is 1.49. The molecule has 1 aromatic carbocycles. The minimum atomic E-state index is -0.468. The van der Waals surface area contributed by atoms with Gasteiger partial charge in [-0.2, -0.15) is 0 Å². The molecule has 1 aromatic heterocycles. The van der Waals surface area contributed by atoms with Gasteiger partial charge in [0.2, 0.25) is 5.91 Å². The van der Waals surface area contributed by atoms with E-state index in [0.717, 1.165) is 29.7 Å². The van der Waals surface area contributed by atoms with E-state index in [1.807, 2.05) is 35.2 Å². The molecule has 0 atom stereocenters. The normalized spacial score (nSPS) is 15.1. The molecule has 0 radical (unpaired) electrons. The molecule has 5 nitrogen and oxygen atoms in total. The molecule has 5 heteroatoms. The highest BCUT2D eigenvalue weighted by atomic mass is 16.5. The molecule has 0 bridgehead atoms. The molecule has 1 amide bonds. The number of furan rings is 1. The van der Waals surface area contributed by atoms with Crippen molar-refractivity contribution in [1.82, 2.24) is 4.90 Å². The number of para-hydroxylation sites is 1. The quantitative estimate of drug-likeness (QED) is 0.747. The minimum Gasteiger partial charge on any atom is -0.496 e. The number of hydrogen-bond acceptors (Lipinski definition) is 4. The number of amides is 1. The molecule has 3 rings (SSSR count). The number of rotatable bonds is 8. The van der Waals surface area contributed by atoms with Crippen LogP contribution < -0.4 is 4.74 Å². The van der Waals surface area contributed by atoms with E-state index in [1.54, 1.807) is 26.7 Å². The van der Waals surface area contributed by atoms with Gasteiger partial charge in [0, 0.05) is 31.3 Å². The lowest BCUT2D eigenvalue weighted by Gasteiger charge is -2.28. The first kappa shape index (κ1) is 16.6. The van der Waals surface area contributed by atoms with E-state index in [4.69, 9.17) is 13.9 Å². The number of ether oxygens (including phenoxy) is 2. The van der Waals surface area contributed by atoms with Gasteiger partial charge in [0.05, 0.1) is 31.7 Å². The third kappa shape index (κ3) is 3.17. The van der Waals surface area contributed by atoms with Gasteiger partial charge in [-0.05, 0) is 25.0 Å². The third-order valence-electron chi connectivity index (χ3n) is 4.59. The molecule has 24 heavy (non-hydrogen) atoms. The predicted octanol–water partition coefficient (Wildman–Crippen LogP) is 3.00. The van der Waals surface area contributed by atoms with Gasteiger partial charge in [0.1, 0.15) is 5.75 Å². The molecule has 1 heterocycles. The van der Waals surface area contributed by atoms with E-state index >= 15 is 0 Å². The lowest BCUT2D eigenvalue weighted by Crippen LogP contribution is -2.40. The van der Waals surface area contributed by atoms with Gasteiger partial charge in [0.15, 0.2) is 0 Å². The summed E-state index contributed by atoms with van der Waals surface area (Å²) in [6.07, 6.45) is 5.00. The summed E-state index contributed by atoms with van der Waals surface area (Å²) in [6.45, 7) is 1.58. The van der Waals surface area contributed by atoms with Crippen LogP contribution in [0.2, 0.25) is 0 Å².